The van der Waals surface area contributed by atoms with E-state index < -0.39 is 5.91 Å². The van der Waals surface area contributed by atoms with Crippen LogP contribution >= 0.6 is 11.6 Å². The number of aryl methyl sites for hydroxylation is 2. The second-order valence-electron chi connectivity index (χ2n) is 5.82. The third-order valence-corrected chi connectivity index (χ3v) is 3.88. The van der Waals surface area contributed by atoms with E-state index in [1.54, 1.807) is 24.3 Å². The van der Waals surface area contributed by atoms with Gasteiger partial charge in [0.15, 0.2) is 6.61 Å². The summed E-state index contributed by atoms with van der Waals surface area (Å²) < 4.78 is 5.47. The first-order chi connectivity index (χ1) is 13.0. The van der Waals surface area contributed by atoms with Crippen molar-refractivity contribution in [3.8, 4) is 11.5 Å². The Morgan fingerprint density at radius 1 is 1.22 bits per heavy atom. The van der Waals surface area contributed by atoms with E-state index in [2.05, 4.69) is 20.7 Å². The third kappa shape index (κ3) is 5.15. The van der Waals surface area contributed by atoms with Crippen LogP contribution in [-0.4, -0.2) is 22.3 Å². The molecule has 3 aromatic rings. The van der Waals surface area contributed by atoms with Crippen LogP contribution < -0.4 is 5.32 Å². The van der Waals surface area contributed by atoms with E-state index in [-0.39, 0.29) is 12.5 Å². The van der Waals surface area contributed by atoms with Crippen molar-refractivity contribution < 1.29 is 14.0 Å². The number of amides is 1. The van der Waals surface area contributed by atoms with Gasteiger partial charge in [-0.05, 0) is 49.7 Å². The molecule has 1 amide bonds. The van der Waals surface area contributed by atoms with Gasteiger partial charge in [-0.1, -0.05) is 34.5 Å². The van der Waals surface area contributed by atoms with Gasteiger partial charge in [0.05, 0.1) is 0 Å². The molecule has 0 fully saturated rings. The predicted molar refractivity (Wildman–Crippen MR) is 103 cm³/mol. The number of oxime groups is 1. The molecule has 0 saturated heterocycles. The van der Waals surface area contributed by atoms with Gasteiger partial charge in [0.1, 0.15) is 6.21 Å². The van der Waals surface area contributed by atoms with Crippen LogP contribution in [0.25, 0.3) is 11.5 Å². The second kappa shape index (κ2) is 8.46. The number of carbonyl (C=O) groups is 1. The number of halogens is 1. The van der Waals surface area contributed by atoms with Crippen LogP contribution in [0.15, 0.2) is 52.0 Å². The number of nitrogens with zero attached hydrogens (tertiary/aromatic N) is 3. The first-order valence-corrected chi connectivity index (χ1v) is 8.51. The summed E-state index contributed by atoms with van der Waals surface area (Å²) in [6, 6.07) is 12.8. The highest BCUT2D eigenvalue weighted by Crippen LogP contribution is 2.20. The van der Waals surface area contributed by atoms with Gasteiger partial charge >= 0.3 is 0 Å². The van der Waals surface area contributed by atoms with Gasteiger partial charge in [0, 0.05) is 16.3 Å². The molecule has 1 aromatic heterocycles. The predicted octanol–water partition coefficient (Wildman–Crippen LogP) is 4.15. The fourth-order valence-electron chi connectivity index (χ4n) is 2.32. The van der Waals surface area contributed by atoms with Crippen LogP contribution in [0.2, 0.25) is 5.02 Å². The Labute approximate surface area is 161 Å². The molecule has 2 aromatic carbocycles. The van der Waals surface area contributed by atoms with Gasteiger partial charge in [0.25, 0.3) is 11.8 Å². The normalized spacial score (nSPS) is 10.9. The number of nitrogens with one attached hydrogen (secondary N) is 1. The first kappa shape index (κ1) is 18.6. The topological polar surface area (TPSA) is 89.6 Å². The maximum absolute atomic E-state index is 11.9. The number of hydrogen-bond acceptors (Lipinski definition) is 6. The molecule has 1 N–H and O–H groups in total. The number of rotatable bonds is 6. The smallest absolute Gasteiger partial charge is 0.270 e. The second-order valence-corrected chi connectivity index (χ2v) is 6.26. The summed E-state index contributed by atoms with van der Waals surface area (Å²) in [5.41, 5.74) is 3.56. The van der Waals surface area contributed by atoms with Crippen LogP contribution in [0.5, 0.6) is 0 Å². The van der Waals surface area contributed by atoms with Crippen molar-refractivity contribution >= 4 is 29.4 Å². The molecule has 0 aliphatic carbocycles. The van der Waals surface area contributed by atoms with Crippen LogP contribution in [0.4, 0.5) is 5.69 Å². The molecule has 3 rings (SSSR count). The number of aromatic nitrogens is 2. The van der Waals surface area contributed by atoms with Crippen LogP contribution in [0, 0.1) is 13.8 Å². The van der Waals surface area contributed by atoms with Crippen molar-refractivity contribution in [2.75, 3.05) is 5.32 Å². The van der Waals surface area contributed by atoms with Crippen molar-refractivity contribution in [2.45, 2.75) is 20.5 Å². The lowest BCUT2D eigenvalue weighted by atomic mass is 10.1. The van der Waals surface area contributed by atoms with Gasteiger partial charge in [-0.3, -0.25) is 4.79 Å². The molecule has 0 bridgehead atoms. The van der Waals surface area contributed by atoms with Crippen molar-refractivity contribution in [3.63, 3.8) is 0 Å². The average molecular weight is 385 g/mol. The number of anilines is 1. The minimum absolute atomic E-state index is 0.0477. The highest BCUT2D eigenvalue weighted by molar-refractivity contribution is 6.31. The molecule has 138 valence electrons. The minimum atomic E-state index is -0.394. The fraction of sp³-hybridized carbons (Fsp3) is 0.158. The van der Waals surface area contributed by atoms with Gasteiger partial charge in [-0.25, -0.2) is 0 Å². The summed E-state index contributed by atoms with van der Waals surface area (Å²) in [4.78, 5) is 16.9. The molecule has 0 spiro atoms. The Balaban J connectivity index is 1.50. The maximum atomic E-state index is 11.9. The van der Waals surface area contributed by atoms with E-state index in [1.165, 1.54) is 0 Å². The Kier molecular flexibility index (Phi) is 5.83. The van der Waals surface area contributed by atoms with E-state index in [4.69, 9.17) is 20.9 Å². The zero-order valence-electron chi connectivity index (χ0n) is 14.8. The largest absolute Gasteiger partial charge is 0.417 e. The lowest BCUT2D eigenvalue weighted by Crippen LogP contribution is -2.13. The minimum Gasteiger partial charge on any atom is -0.417 e. The molecule has 0 saturated carbocycles. The monoisotopic (exact) mass is 384 g/mol. The Morgan fingerprint density at radius 3 is 2.74 bits per heavy atom. The van der Waals surface area contributed by atoms with Crippen molar-refractivity contribution in [2.24, 2.45) is 5.16 Å². The standard InChI is InChI=1S/C19H17ClN4O3/c1-12-3-8-16(13(2)9-12)22-17(25)10-21-26-11-18-23-24-19(27-18)14-4-6-15(20)7-5-14/h3-10H,11H2,1-2H3,(H,22,25)/b21-10-. The molecule has 0 unspecified atom stereocenters. The summed E-state index contributed by atoms with van der Waals surface area (Å²) in [5.74, 6) is 0.197. The molecule has 0 atom stereocenters. The number of benzene rings is 2. The number of hydrogen-bond donors (Lipinski definition) is 1. The van der Waals surface area contributed by atoms with E-state index in [1.807, 2.05) is 32.0 Å². The highest BCUT2D eigenvalue weighted by Gasteiger charge is 2.09. The Hall–Kier alpha value is -3.19. The Morgan fingerprint density at radius 2 is 2.00 bits per heavy atom. The van der Waals surface area contributed by atoms with Gasteiger partial charge in [-0.15, -0.1) is 10.2 Å². The lowest BCUT2D eigenvalue weighted by Gasteiger charge is -2.06. The van der Waals surface area contributed by atoms with Crippen molar-refractivity contribution in [3.05, 3.63) is 64.5 Å². The summed E-state index contributed by atoms with van der Waals surface area (Å²) in [5, 5.41) is 14.8. The summed E-state index contributed by atoms with van der Waals surface area (Å²) >= 11 is 5.85. The molecule has 0 aliphatic heterocycles. The van der Waals surface area contributed by atoms with E-state index in [0.29, 0.717) is 10.9 Å². The molecular weight excluding hydrogens is 368 g/mol. The lowest BCUT2D eigenvalue weighted by molar-refractivity contribution is -0.110. The molecule has 1 heterocycles. The average Bonchev–Trinajstić information content (AvgIpc) is 3.11. The highest BCUT2D eigenvalue weighted by atomic mass is 35.5. The summed E-state index contributed by atoms with van der Waals surface area (Å²) in [6.07, 6.45) is 1.05. The zero-order chi connectivity index (χ0) is 19.2. The van der Waals surface area contributed by atoms with E-state index in [0.717, 1.165) is 28.6 Å². The molecule has 8 heteroatoms. The SMILES string of the molecule is Cc1ccc(NC(=O)/C=N\OCc2nnc(-c3ccc(Cl)cc3)o2)c(C)c1. The maximum Gasteiger partial charge on any atom is 0.270 e. The van der Waals surface area contributed by atoms with Gasteiger partial charge < -0.3 is 14.6 Å². The number of carbonyl (C=O) groups excluding carboxylic acids is 1. The van der Waals surface area contributed by atoms with Crippen molar-refractivity contribution in [1.82, 2.24) is 10.2 Å². The summed E-state index contributed by atoms with van der Waals surface area (Å²) in [6.45, 7) is 3.86. The van der Waals surface area contributed by atoms with Gasteiger partial charge in [-0.2, -0.15) is 0 Å². The zero-order valence-corrected chi connectivity index (χ0v) is 15.5. The first-order valence-electron chi connectivity index (χ1n) is 8.13. The van der Waals surface area contributed by atoms with Crippen molar-refractivity contribution in [1.29, 1.82) is 0 Å². The molecule has 27 heavy (non-hydrogen) atoms. The molecular formula is C19H17ClN4O3. The van der Waals surface area contributed by atoms with Crippen LogP contribution in [0.1, 0.15) is 17.0 Å². The van der Waals surface area contributed by atoms with Gasteiger partial charge in [0.2, 0.25) is 5.89 Å². The summed E-state index contributed by atoms with van der Waals surface area (Å²) in [7, 11) is 0. The quantitative estimate of drug-likeness (QED) is 0.509. The van der Waals surface area contributed by atoms with E-state index >= 15 is 0 Å². The third-order valence-electron chi connectivity index (χ3n) is 3.63. The fourth-order valence-corrected chi connectivity index (χ4v) is 2.44. The molecule has 0 radical (unpaired) electrons. The van der Waals surface area contributed by atoms with E-state index in [9.17, 15) is 4.79 Å². The Bertz CT molecular complexity index is 967. The molecule has 0 aliphatic rings. The van der Waals surface area contributed by atoms with Crippen LogP contribution in [0.3, 0.4) is 0 Å². The molecule has 7 nitrogen and oxygen atoms in total. The van der Waals surface area contributed by atoms with Crippen LogP contribution in [-0.2, 0) is 16.2 Å².